The van der Waals surface area contributed by atoms with Crippen LogP contribution in [0.2, 0.25) is 0 Å². The number of benzene rings is 1. The van der Waals surface area contributed by atoms with E-state index < -0.39 is 5.41 Å². The van der Waals surface area contributed by atoms with Crippen molar-refractivity contribution in [2.45, 2.75) is 26.2 Å². The van der Waals surface area contributed by atoms with Crippen LogP contribution in [-0.4, -0.2) is 16.1 Å². The Labute approximate surface area is 115 Å². The van der Waals surface area contributed by atoms with E-state index in [0.717, 1.165) is 10.6 Å². The number of amides is 1. The highest BCUT2D eigenvalue weighted by atomic mass is 32.1. The molecule has 6 heteroatoms. The Kier molecular flexibility index (Phi) is 3.53. The van der Waals surface area contributed by atoms with Gasteiger partial charge in [-0.15, -0.1) is 10.2 Å². The molecule has 0 aliphatic rings. The summed E-state index contributed by atoms with van der Waals surface area (Å²) in [5, 5.41) is 11.9. The van der Waals surface area contributed by atoms with Crippen LogP contribution in [0, 0.1) is 6.92 Å². The molecule has 1 aromatic carbocycles. The maximum Gasteiger partial charge on any atom is 0.236 e. The number of aromatic nitrogens is 2. The molecule has 0 aliphatic heterocycles. The van der Waals surface area contributed by atoms with Crippen LogP contribution in [0.3, 0.4) is 0 Å². The summed E-state index contributed by atoms with van der Waals surface area (Å²) in [5.74, 6) is -0.117. The normalized spacial score (nSPS) is 11.3. The zero-order valence-corrected chi connectivity index (χ0v) is 11.9. The fourth-order valence-electron chi connectivity index (χ4n) is 1.63. The number of carbonyl (C=O) groups excluding carboxylic acids is 1. The molecule has 1 amide bonds. The Bertz CT molecular complexity index is 589. The van der Waals surface area contributed by atoms with E-state index >= 15 is 0 Å². The average molecular weight is 276 g/mol. The van der Waals surface area contributed by atoms with Crippen LogP contribution in [0.4, 0.5) is 10.8 Å². The number of hydrogen-bond donors (Lipinski definition) is 2. The van der Waals surface area contributed by atoms with Gasteiger partial charge in [-0.25, -0.2) is 0 Å². The van der Waals surface area contributed by atoms with Gasteiger partial charge >= 0.3 is 0 Å². The fraction of sp³-hybridized carbons (Fsp3) is 0.308. The van der Waals surface area contributed by atoms with Crippen molar-refractivity contribution in [2.75, 3.05) is 11.1 Å². The Hall–Kier alpha value is -1.95. The van der Waals surface area contributed by atoms with Gasteiger partial charge in [0.2, 0.25) is 11.0 Å². The van der Waals surface area contributed by atoms with E-state index in [9.17, 15) is 4.79 Å². The molecule has 0 unspecified atom stereocenters. The summed E-state index contributed by atoms with van der Waals surface area (Å²) >= 11 is 1.36. The van der Waals surface area contributed by atoms with Gasteiger partial charge in [0.1, 0.15) is 5.01 Å². The summed E-state index contributed by atoms with van der Waals surface area (Å²) in [7, 11) is 0. The Balaban J connectivity index is 2.19. The summed E-state index contributed by atoms with van der Waals surface area (Å²) in [6, 6.07) is 7.31. The van der Waals surface area contributed by atoms with Gasteiger partial charge in [0.05, 0.1) is 5.41 Å². The topological polar surface area (TPSA) is 80.9 Å². The first-order valence-electron chi connectivity index (χ1n) is 5.87. The molecule has 0 spiro atoms. The van der Waals surface area contributed by atoms with Crippen molar-refractivity contribution in [3.8, 4) is 0 Å². The molecule has 0 saturated heterocycles. The smallest absolute Gasteiger partial charge is 0.236 e. The standard InChI is InChI=1S/C13H16N4OS/c1-8-16-17-12(19-8)15-11(18)13(2,3)9-4-6-10(14)7-5-9/h4-7H,14H2,1-3H3,(H,15,17,18). The molecule has 0 bridgehead atoms. The van der Waals surface area contributed by atoms with E-state index in [0.29, 0.717) is 10.8 Å². The van der Waals surface area contributed by atoms with Crippen molar-refractivity contribution in [1.82, 2.24) is 10.2 Å². The lowest BCUT2D eigenvalue weighted by atomic mass is 9.83. The van der Waals surface area contributed by atoms with Crippen LogP contribution in [0.15, 0.2) is 24.3 Å². The van der Waals surface area contributed by atoms with Gasteiger partial charge < -0.3 is 5.73 Å². The van der Waals surface area contributed by atoms with E-state index in [1.54, 1.807) is 12.1 Å². The Morgan fingerprint density at radius 1 is 1.26 bits per heavy atom. The number of aryl methyl sites for hydroxylation is 1. The SMILES string of the molecule is Cc1nnc(NC(=O)C(C)(C)c2ccc(N)cc2)s1. The van der Waals surface area contributed by atoms with Crippen LogP contribution in [0.5, 0.6) is 0 Å². The number of rotatable bonds is 3. The summed E-state index contributed by atoms with van der Waals surface area (Å²) in [4.78, 5) is 12.3. The molecule has 3 N–H and O–H groups in total. The molecule has 100 valence electrons. The Morgan fingerprint density at radius 2 is 1.89 bits per heavy atom. The van der Waals surface area contributed by atoms with Crippen LogP contribution in [0.1, 0.15) is 24.4 Å². The molecular formula is C13H16N4OS. The molecular weight excluding hydrogens is 260 g/mol. The second kappa shape index (κ2) is 4.97. The van der Waals surface area contributed by atoms with Crippen molar-refractivity contribution in [2.24, 2.45) is 0 Å². The predicted octanol–water partition coefficient (Wildman–Crippen LogP) is 2.35. The molecule has 0 saturated carbocycles. The second-order valence-corrected chi connectivity index (χ2v) is 6.01. The molecule has 5 nitrogen and oxygen atoms in total. The molecule has 2 aromatic rings. The highest BCUT2D eigenvalue weighted by Gasteiger charge is 2.30. The lowest BCUT2D eigenvalue weighted by Crippen LogP contribution is -2.34. The minimum atomic E-state index is -0.659. The lowest BCUT2D eigenvalue weighted by Gasteiger charge is -2.23. The predicted molar refractivity (Wildman–Crippen MR) is 77.2 cm³/mol. The van der Waals surface area contributed by atoms with Crippen molar-refractivity contribution in [3.63, 3.8) is 0 Å². The Morgan fingerprint density at radius 3 is 2.42 bits per heavy atom. The van der Waals surface area contributed by atoms with Gasteiger partial charge in [-0.1, -0.05) is 23.5 Å². The van der Waals surface area contributed by atoms with Gasteiger partial charge in [-0.05, 0) is 38.5 Å². The first-order chi connectivity index (χ1) is 8.89. The third-order valence-corrected chi connectivity index (χ3v) is 3.70. The molecule has 1 aromatic heterocycles. The first kappa shape index (κ1) is 13.5. The molecule has 0 atom stereocenters. The van der Waals surface area contributed by atoms with E-state index in [4.69, 9.17) is 5.73 Å². The van der Waals surface area contributed by atoms with E-state index in [2.05, 4.69) is 15.5 Å². The van der Waals surface area contributed by atoms with Gasteiger partial charge in [0.25, 0.3) is 0 Å². The number of carbonyl (C=O) groups is 1. The molecule has 0 aliphatic carbocycles. The van der Waals surface area contributed by atoms with Gasteiger partial charge in [0.15, 0.2) is 0 Å². The van der Waals surface area contributed by atoms with E-state index in [-0.39, 0.29) is 5.91 Å². The number of hydrogen-bond acceptors (Lipinski definition) is 5. The number of anilines is 2. The summed E-state index contributed by atoms with van der Waals surface area (Å²) in [6.45, 7) is 5.57. The van der Waals surface area contributed by atoms with E-state index in [1.807, 2.05) is 32.9 Å². The highest BCUT2D eigenvalue weighted by Crippen LogP contribution is 2.26. The lowest BCUT2D eigenvalue weighted by molar-refractivity contribution is -0.120. The monoisotopic (exact) mass is 276 g/mol. The first-order valence-corrected chi connectivity index (χ1v) is 6.69. The van der Waals surface area contributed by atoms with E-state index in [1.165, 1.54) is 11.3 Å². The third-order valence-electron chi connectivity index (χ3n) is 2.95. The van der Waals surface area contributed by atoms with Crippen LogP contribution in [0.25, 0.3) is 0 Å². The second-order valence-electron chi connectivity index (χ2n) is 4.83. The van der Waals surface area contributed by atoms with Crippen molar-refractivity contribution in [3.05, 3.63) is 34.8 Å². The largest absolute Gasteiger partial charge is 0.399 e. The summed E-state index contributed by atoms with van der Waals surface area (Å²) in [6.07, 6.45) is 0. The fourth-order valence-corrected chi connectivity index (χ4v) is 2.22. The molecule has 2 rings (SSSR count). The van der Waals surface area contributed by atoms with Crippen LogP contribution < -0.4 is 11.1 Å². The van der Waals surface area contributed by atoms with Gasteiger partial charge in [0, 0.05) is 5.69 Å². The van der Waals surface area contributed by atoms with Crippen LogP contribution in [-0.2, 0) is 10.2 Å². The minimum absolute atomic E-state index is 0.117. The maximum atomic E-state index is 12.3. The molecule has 0 fully saturated rings. The highest BCUT2D eigenvalue weighted by molar-refractivity contribution is 7.15. The average Bonchev–Trinajstić information content (AvgIpc) is 2.75. The molecule has 19 heavy (non-hydrogen) atoms. The van der Waals surface area contributed by atoms with Crippen molar-refractivity contribution >= 4 is 28.1 Å². The number of nitrogens with zero attached hydrogens (tertiary/aromatic N) is 2. The maximum absolute atomic E-state index is 12.3. The van der Waals surface area contributed by atoms with Crippen molar-refractivity contribution in [1.29, 1.82) is 0 Å². The zero-order valence-electron chi connectivity index (χ0n) is 11.1. The number of nitrogen functional groups attached to an aromatic ring is 1. The number of nitrogens with one attached hydrogen (secondary N) is 1. The van der Waals surface area contributed by atoms with Gasteiger partial charge in [-0.2, -0.15) is 0 Å². The summed E-state index contributed by atoms with van der Waals surface area (Å²) in [5.41, 5.74) is 6.58. The zero-order chi connectivity index (χ0) is 14.0. The number of nitrogens with two attached hydrogens (primary N) is 1. The third kappa shape index (κ3) is 2.90. The molecule has 1 heterocycles. The quantitative estimate of drug-likeness (QED) is 0.843. The van der Waals surface area contributed by atoms with Gasteiger partial charge in [-0.3, -0.25) is 10.1 Å². The summed E-state index contributed by atoms with van der Waals surface area (Å²) < 4.78 is 0. The minimum Gasteiger partial charge on any atom is -0.399 e. The van der Waals surface area contributed by atoms with Crippen molar-refractivity contribution < 1.29 is 4.79 Å². The van der Waals surface area contributed by atoms with Crippen LogP contribution >= 0.6 is 11.3 Å². The molecule has 0 radical (unpaired) electrons.